The van der Waals surface area contributed by atoms with E-state index in [1.807, 2.05) is 0 Å². The zero-order chi connectivity index (χ0) is 13.8. The number of carboxylic acids is 1. The second-order valence-corrected chi connectivity index (χ2v) is 5.16. The Morgan fingerprint density at radius 2 is 2.32 bits per heavy atom. The van der Waals surface area contributed by atoms with Crippen molar-refractivity contribution in [2.45, 2.75) is 38.0 Å². The van der Waals surface area contributed by atoms with Crippen molar-refractivity contribution < 1.29 is 19.4 Å². The molecule has 0 saturated carbocycles. The van der Waals surface area contributed by atoms with E-state index in [2.05, 4.69) is 15.5 Å². The summed E-state index contributed by atoms with van der Waals surface area (Å²) in [4.78, 5) is 24.5. The number of fused-ring (bicyclic) bond motifs is 1. The van der Waals surface area contributed by atoms with Crippen molar-refractivity contribution in [2.24, 2.45) is 0 Å². The summed E-state index contributed by atoms with van der Waals surface area (Å²) in [5.74, 6) is -1.05. The molecule has 2 amide bonds. The van der Waals surface area contributed by atoms with E-state index in [0.29, 0.717) is 12.6 Å². The second-order valence-electron chi connectivity index (χ2n) is 5.16. The van der Waals surface area contributed by atoms with Gasteiger partial charge >= 0.3 is 12.0 Å². The molecule has 2 unspecified atom stereocenters. The second kappa shape index (κ2) is 6.21. The number of rotatable bonds is 4. The van der Waals surface area contributed by atoms with Crippen LogP contribution in [0, 0.1) is 0 Å². The zero-order valence-corrected chi connectivity index (χ0v) is 11.1. The SMILES string of the molecule is C[C@H](NC(=O)NCC1CN2CCCC2CO1)C(=O)O. The Bertz CT molecular complexity index is 350. The maximum absolute atomic E-state index is 11.5. The Hall–Kier alpha value is -1.34. The molecule has 0 aromatic rings. The highest BCUT2D eigenvalue weighted by molar-refractivity contribution is 5.82. The van der Waals surface area contributed by atoms with Gasteiger partial charge in [-0.25, -0.2) is 4.79 Å². The quantitative estimate of drug-likeness (QED) is 0.648. The van der Waals surface area contributed by atoms with Crippen LogP contribution in [0.4, 0.5) is 4.79 Å². The number of carbonyl (C=O) groups is 2. The van der Waals surface area contributed by atoms with E-state index in [4.69, 9.17) is 9.84 Å². The molecule has 2 aliphatic rings. The molecule has 0 spiro atoms. The van der Waals surface area contributed by atoms with E-state index >= 15 is 0 Å². The number of amides is 2. The minimum Gasteiger partial charge on any atom is -0.480 e. The average molecular weight is 271 g/mol. The number of carboxylic acid groups (broad SMARTS) is 1. The van der Waals surface area contributed by atoms with Gasteiger partial charge in [0, 0.05) is 19.1 Å². The Kier molecular flexibility index (Phi) is 4.60. The molecule has 3 N–H and O–H groups in total. The molecule has 19 heavy (non-hydrogen) atoms. The summed E-state index contributed by atoms with van der Waals surface area (Å²) >= 11 is 0. The highest BCUT2D eigenvalue weighted by atomic mass is 16.5. The molecule has 2 saturated heterocycles. The number of hydrogen-bond donors (Lipinski definition) is 3. The molecule has 2 heterocycles. The fourth-order valence-corrected chi connectivity index (χ4v) is 2.53. The molecule has 2 rings (SSSR count). The van der Waals surface area contributed by atoms with Crippen LogP contribution in [-0.4, -0.2) is 66.4 Å². The summed E-state index contributed by atoms with van der Waals surface area (Å²) in [6, 6.07) is -0.825. The van der Waals surface area contributed by atoms with Crippen molar-refractivity contribution in [1.82, 2.24) is 15.5 Å². The van der Waals surface area contributed by atoms with Crippen molar-refractivity contribution in [3.63, 3.8) is 0 Å². The third-order valence-electron chi connectivity index (χ3n) is 3.67. The van der Waals surface area contributed by atoms with Gasteiger partial charge in [0.2, 0.25) is 0 Å². The van der Waals surface area contributed by atoms with Gasteiger partial charge in [0.25, 0.3) is 0 Å². The van der Waals surface area contributed by atoms with Gasteiger partial charge in [-0.15, -0.1) is 0 Å². The number of nitrogens with one attached hydrogen (secondary N) is 2. The molecule has 108 valence electrons. The van der Waals surface area contributed by atoms with Crippen LogP contribution in [0.5, 0.6) is 0 Å². The highest BCUT2D eigenvalue weighted by Crippen LogP contribution is 2.22. The molecule has 7 nitrogen and oxygen atoms in total. The third kappa shape index (κ3) is 3.81. The maximum atomic E-state index is 11.5. The molecule has 7 heteroatoms. The lowest BCUT2D eigenvalue weighted by Crippen LogP contribution is -2.52. The zero-order valence-electron chi connectivity index (χ0n) is 11.1. The van der Waals surface area contributed by atoms with Crippen LogP contribution in [0.3, 0.4) is 0 Å². The van der Waals surface area contributed by atoms with Gasteiger partial charge in [0.05, 0.1) is 12.7 Å². The van der Waals surface area contributed by atoms with Crippen LogP contribution in [-0.2, 0) is 9.53 Å². The van der Waals surface area contributed by atoms with Gasteiger partial charge in [-0.1, -0.05) is 0 Å². The van der Waals surface area contributed by atoms with Crippen molar-refractivity contribution in [2.75, 3.05) is 26.2 Å². The van der Waals surface area contributed by atoms with Crippen LogP contribution in [0.25, 0.3) is 0 Å². The third-order valence-corrected chi connectivity index (χ3v) is 3.67. The molecule has 0 aromatic heterocycles. The van der Waals surface area contributed by atoms with Crippen molar-refractivity contribution in [3.05, 3.63) is 0 Å². The van der Waals surface area contributed by atoms with Crippen molar-refractivity contribution in [1.29, 1.82) is 0 Å². The minimum atomic E-state index is -1.05. The van der Waals surface area contributed by atoms with Gasteiger partial charge in [-0.2, -0.15) is 0 Å². The van der Waals surface area contributed by atoms with E-state index in [1.165, 1.54) is 19.8 Å². The lowest BCUT2D eigenvalue weighted by Gasteiger charge is -2.35. The Morgan fingerprint density at radius 1 is 1.53 bits per heavy atom. The van der Waals surface area contributed by atoms with Gasteiger partial charge in [0.1, 0.15) is 6.04 Å². The molecule has 2 aliphatic heterocycles. The maximum Gasteiger partial charge on any atom is 0.325 e. The van der Waals surface area contributed by atoms with Crippen molar-refractivity contribution >= 4 is 12.0 Å². The topological polar surface area (TPSA) is 90.9 Å². The molecule has 2 fully saturated rings. The fourth-order valence-electron chi connectivity index (χ4n) is 2.53. The van der Waals surface area contributed by atoms with Crippen LogP contribution in [0.2, 0.25) is 0 Å². The standard InChI is InChI=1S/C12H21N3O4/c1-8(11(16)17)14-12(18)13-5-10-6-15-4-2-3-9(15)7-19-10/h8-10H,2-7H2,1H3,(H,16,17)(H2,13,14,18)/t8-,9?,10?/m0/s1. The van der Waals surface area contributed by atoms with Crippen LogP contribution >= 0.6 is 0 Å². The summed E-state index contributed by atoms with van der Waals surface area (Å²) < 4.78 is 5.69. The highest BCUT2D eigenvalue weighted by Gasteiger charge is 2.32. The summed E-state index contributed by atoms with van der Waals surface area (Å²) in [6.45, 7) is 4.49. The predicted octanol–water partition coefficient (Wildman–Crippen LogP) is -0.378. The first kappa shape index (κ1) is 14.1. The fraction of sp³-hybridized carbons (Fsp3) is 0.833. The first-order chi connectivity index (χ1) is 9.06. The van der Waals surface area contributed by atoms with Crippen LogP contribution in [0.15, 0.2) is 0 Å². The Balaban J connectivity index is 1.68. The van der Waals surface area contributed by atoms with E-state index < -0.39 is 18.0 Å². The Morgan fingerprint density at radius 3 is 3.05 bits per heavy atom. The summed E-state index contributed by atoms with van der Waals surface area (Å²) in [5.41, 5.74) is 0. The largest absolute Gasteiger partial charge is 0.480 e. The number of ether oxygens (including phenoxy) is 1. The molecule has 0 radical (unpaired) electrons. The van der Waals surface area contributed by atoms with Crippen LogP contribution < -0.4 is 10.6 Å². The van der Waals surface area contributed by atoms with E-state index in [-0.39, 0.29) is 6.10 Å². The van der Waals surface area contributed by atoms with Gasteiger partial charge < -0.3 is 20.5 Å². The molecule has 0 bridgehead atoms. The lowest BCUT2D eigenvalue weighted by atomic mass is 10.2. The number of hydrogen-bond acceptors (Lipinski definition) is 4. The summed E-state index contributed by atoms with van der Waals surface area (Å²) in [7, 11) is 0. The normalized spacial score (nSPS) is 28.5. The predicted molar refractivity (Wildman–Crippen MR) is 68.0 cm³/mol. The number of morpholine rings is 1. The molecular weight excluding hydrogens is 250 g/mol. The van der Waals surface area contributed by atoms with E-state index in [1.54, 1.807) is 0 Å². The first-order valence-corrected chi connectivity index (χ1v) is 6.69. The first-order valence-electron chi connectivity index (χ1n) is 6.69. The van der Waals surface area contributed by atoms with Gasteiger partial charge in [-0.3, -0.25) is 9.69 Å². The monoisotopic (exact) mass is 271 g/mol. The summed E-state index contributed by atoms with van der Waals surface area (Å²) in [6.07, 6.45) is 2.39. The van der Waals surface area contributed by atoms with Gasteiger partial charge in [0.15, 0.2) is 0 Å². The molecule has 3 atom stereocenters. The van der Waals surface area contributed by atoms with E-state index in [0.717, 1.165) is 19.7 Å². The number of nitrogens with zero attached hydrogens (tertiary/aromatic N) is 1. The molecular formula is C12H21N3O4. The minimum absolute atomic E-state index is 0.0137. The lowest BCUT2D eigenvalue weighted by molar-refractivity contribution is -0.138. The average Bonchev–Trinajstić information content (AvgIpc) is 2.83. The summed E-state index contributed by atoms with van der Waals surface area (Å²) in [5, 5.41) is 13.7. The van der Waals surface area contributed by atoms with Crippen LogP contribution in [0.1, 0.15) is 19.8 Å². The van der Waals surface area contributed by atoms with Gasteiger partial charge in [-0.05, 0) is 26.3 Å². The number of aliphatic carboxylic acids is 1. The number of urea groups is 1. The molecule has 0 aromatic carbocycles. The van der Waals surface area contributed by atoms with E-state index in [9.17, 15) is 9.59 Å². The Labute approximate surface area is 112 Å². The number of carbonyl (C=O) groups excluding carboxylic acids is 1. The smallest absolute Gasteiger partial charge is 0.325 e. The van der Waals surface area contributed by atoms with Crippen molar-refractivity contribution in [3.8, 4) is 0 Å². The molecule has 0 aliphatic carbocycles.